The zero-order chi connectivity index (χ0) is 22.4. The fraction of sp³-hybridized carbons (Fsp3) is 0.0870. The molecule has 0 spiro atoms. The Balaban J connectivity index is 1.61. The maximum absolute atomic E-state index is 13.8. The molecule has 3 aromatic carbocycles. The first kappa shape index (κ1) is 22.0. The molecule has 8 heteroatoms. The van der Waals surface area contributed by atoms with Crippen LogP contribution in [-0.4, -0.2) is 28.1 Å². The Morgan fingerprint density at radius 3 is 2.29 bits per heavy atom. The molecule has 0 bridgehead atoms. The van der Waals surface area contributed by atoms with Crippen LogP contribution in [0.3, 0.4) is 0 Å². The van der Waals surface area contributed by atoms with Crippen LogP contribution in [0.2, 0.25) is 0 Å². The highest BCUT2D eigenvalue weighted by Crippen LogP contribution is 2.27. The van der Waals surface area contributed by atoms with Gasteiger partial charge >= 0.3 is 5.97 Å². The monoisotopic (exact) mass is 438 g/mol. The molecule has 0 saturated carbocycles. The normalized spacial score (nSPS) is 11.4. The Hall–Kier alpha value is -3.65. The molecule has 0 aliphatic carbocycles. The zero-order valence-electron chi connectivity index (χ0n) is 16.5. The Morgan fingerprint density at radius 1 is 0.903 bits per heavy atom. The molecule has 2 amide bonds. The summed E-state index contributed by atoms with van der Waals surface area (Å²) in [5.41, 5.74) is 1.06. The molecule has 3 rings (SSSR count). The van der Waals surface area contributed by atoms with E-state index in [0.29, 0.717) is 11.4 Å². The summed E-state index contributed by atoms with van der Waals surface area (Å²) < 4.78 is 13.8. The van der Waals surface area contributed by atoms with Crippen molar-refractivity contribution in [2.45, 2.75) is 17.1 Å². The van der Waals surface area contributed by atoms with Gasteiger partial charge in [-0.25, -0.2) is 9.18 Å². The van der Waals surface area contributed by atoms with E-state index in [2.05, 4.69) is 10.6 Å². The summed E-state index contributed by atoms with van der Waals surface area (Å²) in [7, 11) is 0. The number of benzene rings is 3. The summed E-state index contributed by atoms with van der Waals surface area (Å²) in [5.74, 6) is -2.46. The Morgan fingerprint density at radius 2 is 1.61 bits per heavy atom. The standard InChI is InChI=1S/C23H19FN2O4S/c1-14(21(27)25-16-11-9-15(10-12-16)23(29)30)31-18-6-4-5-17(13-18)26-22(28)19-7-2-3-8-20(19)24/h2-14H,1H3,(H,25,27)(H,26,28)(H,29,30). The molecule has 3 N–H and O–H groups in total. The zero-order valence-corrected chi connectivity index (χ0v) is 17.3. The van der Waals surface area contributed by atoms with Gasteiger partial charge in [0.2, 0.25) is 5.91 Å². The van der Waals surface area contributed by atoms with Crippen molar-refractivity contribution in [3.8, 4) is 0 Å². The summed E-state index contributed by atoms with van der Waals surface area (Å²) >= 11 is 1.29. The predicted molar refractivity (Wildman–Crippen MR) is 118 cm³/mol. The molecule has 0 aromatic heterocycles. The lowest BCUT2D eigenvalue weighted by molar-refractivity contribution is -0.115. The third-order valence-corrected chi connectivity index (χ3v) is 5.39. The first-order valence-electron chi connectivity index (χ1n) is 9.30. The Labute approximate surface area is 182 Å². The Bertz CT molecular complexity index is 1120. The van der Waals surface area contributed by atoms with Crippen LogP contribution in [0.4, 0.5) is 15.8 Å². The van der Waals surface area contributed by atoms with Gasteiger partial charge in [0.05, 0.1) is 16.4 Å². The molecule has 0 heterocycles. The summed E-state index contributed by atoms with van der Waals surface area (Å²) in [6, 6.07) is 18.5. The van der Waals surface area contributed by atoms with Gasteiger partial charge in [0.15, 0.2) is 0 Å². The van der Waals surface area contributed by atoms with E-state index in [-0.39, 0.29) is 17.0 Å². The van der Waals surface area contributed by atoms with E-state index in [1.807, 2.05) is 0 Å². The summed E-state index contributed by atoms with van der Waals surface area (Å²) in [4.78, 5) is 36.4. The highest BCUT2D eigenvalue weighted by atomic mass is 32.2. The van der Waals surface area contributed by atoms with Crippen LogP contribution in [0, 0.1) is 5.82 Å². The molecule has 0 aliphatic rings. The van der Waals surface area contributed by atoms with Crippen LogP contribution in [0.1, 0.15) is 27.6 Å². The molecule has 31 heavy (non-hydrogen) atoms. The van der Waals surface area contributed by atoms with Crippen LogP contribution in [0.5, 0.6) is 0 Å². The minimum Gasteiger partial charge on any atom is -0.478 e. The molecule has 1 unspecified atom stereocenters. The Kier molecular flexibility index (Phi) is 7.04. The van der Waals surface area contributed by atoms with Gasteiger partial charge in [-0.3, -0.25) is 9.59 Å². The van der Waals surface area contributed by atoms with Crippen molar-refractivity contribution in [1.29, 1.82) is 0 Å². The lowest BCUT2D eigenvalue weighted by atomic mass is 10.2. The third kappa shape index (κ3) is 5.93. The minimum absolute atomic E-state index is 0.0535. The minimum atomic E-state index is -1.04. The second kappa shape index (κ2) is 9.90. The number of carboxylic acid groups (broad SMARTS) is 1. The molecule has 0 aliphatic heterocycles. The maximum Gasteiger partial charge on any atom is 0.335 e. The van der Waals surface area contributed by atoms with Crippen molar-refractivity contribution < 1.29 is 23.9 Å². The molecular formula is C23H19FN2O4S. The van der Waals surface area contributed by atoms with Gasteiger partial charge in [-0.05, 0) is 61.5 Å². The van der Waals surface area contributed by atoms with Gasteiger partial charge in [0.25, 0.3) is 5.91 Å². The van der Waals surface area contributed by atoms with Crippen molar-refractivity contribution in [1.82, 2.24) is 0 Å². The van der Waals surface area contributed by atoms with E-state index in [4.69, 9.17) is 5.11 Å². The van der Waals surface area contributed by atoms with E-state index in [0.717, 1.165) is 4.90 Å². The fourth-order valence-corrected chi connectivity index (χ4v) is 3.61. The average Bonchev–Trinajstić information content (AvgIpc) is 2.74. The molecule has 6 nitrogen and oxygen atoms in total. The number of thioether (sulfide) groups is 1. The summed E-state index contributed by atoms with van der Waals surface area (Å²) in [6.45, 7) is 1.73. The van der Waals surface area contributed by atoms with E-state index in [1.54, 1.807) is 37.3 Å². The number of carbonyl (C=O) groups excluding carboxylic acids is 2. The number of hydrogen-bond donors (Lipinski definition) is 3. The van der Waals surface area contributed by atoms with Gasteiger partial charge in [-0.1, -0.05) is 18.2 Å². The predicted octanol–water partition coefficient (Wildman–Crippen LogP) is 4.90. The van der Waals surface area contributed by atoms with Crippen LogP contribution in [-0.2, 0) is 4.79 Å². The molecular weight excluding hydrogens is 419 g/mol. The van der Waals surface area contributed by atoms with Crippen LogP contribution in [0.15, 0.2) is 77.7 Å². The van der Waals surface area contributed by atoms with E-state index < -0.39 is 22.9 Å². The number of anilines is 2. The number of carbonyl (C=O) groups is 3. The van der Waals surface area contributed by atoms with Gasteiger partial charge in [-0.15, -0.1) is 11.8 Å². The number of hydrogen-bond acceptors (Lipinski definition) is 4. The number of aromatic carboxylic acids is 1. The number of nitrogens with one attached hydrogen (secondary N) is 2. The lowest BCUT2D eigenvalue weighted by Crippen LogP contribution is -2.22. The molecule has 0 saturated heterocycles. The first-order chi connectivity index (χ1) is 14.8. The maximum atomic E-state index is 13.8. The number of carboxylic acids is 1. The fourth-order valence-electron chi connectivity index (χ4n) is 2.69. The van der Waals surface area contributed by atoms with Gasteiger partial charge in [-0.2, -0.15) is 0 Å². The smallest absolute Gasteiger partial charge is 0.335 e. The van der Waals surface area contributed by atoms with Gasteiger partial charge < -0.3 is 15.7 Å². The second-order valence-corrected chi connectivity index (χ2v) is 8.01. The second-order valence-electron chi connectivity index (χ2n) is 6.59. The molecule has 0 fully saturated rings. The van der Waals surface area contributed by atoms with Crippen molar-refractivity contribution in [3.63, 3.8) is 0 Å². The molecule has 158 valence electrons. The average molecular weight is 438 g/mol. The molecule has 1 atom stereocenters. The number of rotatable bonds is 7. The summed E-state index contributed by atoms with van der Waals surface area (Å²) in [6.07, 6.45) is 0. The molecule has 0 radical (unpaired) electrons. The van der Waals surface area contributed by atoms with E-state index in [1.165, 1.54) is 54.2 Å². The highest BCUT2D eigenvalue weighted by Gasteiger charge is 2.16. The lowest BCUT2D eigenvalue weighted by Gasteiger charge is -2.13. The van der Waals surface area contributed by atoms with E-state index in [9.17, 15) is 18.8 Å². The van der Waals surface area contributed by atoms with E-state index >= 15 is 0 Å². The van der Waals surface area contributed by atoms with Crippen molar-refractivity contribution in [2.75, 3.05) is 10.6 Å². The molecule has 3 aromatic rings. The summed E-state index contributed by atoms with van der Waals surface area (Å²) in [5, 5.41) is 13.9. The van der Waals surface area contributed by atoms with Crippen molar-refractivity contribution in [2.24, 2.45) is 0 Å². The number of amides is 2. The third-order valence-electron chi connectivity index (χ3n) is 4.29. The topological polar surface area (TPSA) is 95.5 Å². The van der Waals surface area contributed by atoms with Crippen molar-refractivity contribution in [3.05, 3.63) is 89.7 Å². The van der Waals surface area contributed by atoms with Crippen LogP contribution in [0.25, 0.3) is 0 Å². The van der Waals surface area contributed by atoms with Gasteiger partial charge in [0.1, 0.15) is 5.82 Å². The number of halogens is 1. The highest BCUT2D eigenvalue weighted by molar-refractivity contribution is 8.00. The first-order valence-corrected chi connectivity index (χ1v) is 10.2. The SMILES string of the molecule is CC(Sc1cccc(NC(=O)c2ccccc2F)c1)C(=O)Nc1ccc(C(=O)O)cc1. The van der Waals surface area contributed by atoms with Crippen LogP contribution >= 0.6 is 11.8 Å². The van der Waals surface area contributed by atoms with Crippen LogP contribution < -0.4 is 10.6 Å². The van der Waals surface area contributed by atoms with Crippen molar-refractivity contribution >= 4 is 40.9 Å². The van der Waals surface area contributed by atoms with Gasteiger partial charge in [0, 0.05) is 16.3 Å². The quantitative estimate of drug-likeness (QED) is 0.456. The largest absolute Gasteiger partial charge is 0.478 e.